The number of esters is 2. The molecule has 6 rings (SSSR count). The number of rotatable bonds is 13. The highest BCUT2D eigenvalue weighted by molar-refractivity contribution is 8.00. The molecule has 0 bridgehead atoms. The first-order valence-corrected chi connectivity index (χ1v) is 22.4. The third-order valence-electron chi connectivity index (χ3n) is 11.9. The van der Waals surface area contributed by atoms with Crippen molar-refractivity contribution >= 4 is 53.2 Å². The Balaban J connectivity index is 1.22. The van der Waals surface area contributed by atoms with E-state index in [0.29, 0.717) is 37.2 Å². The van der Waals surface area contributed by atoms with E-state index < -0.39 is 54.2 Å². The highest BCUT2D eigenvalue weighted by Gasteiger charge is 2.46. The van der Waals surface area contributed by atoms with Crippen LogP contribution < -0.4 is 10.6 Å². The molecule has 2 aromatic carbocycles. The second-order valence-corrected chi connectivity index (χ2v) is 18.2. The number of carbonyl (C=O) groups excluding carboxylic acids is 5. The van der Waals surface area contributed by atoms with Crippen LogP contribution in [0.15, 0.2) is 48.5 Å². The van der Waals surface area contributed by atoms with Gasteiger partial charge in [0.2, 0.25) is 17.7 Å². The summed E-state index contributed by atoms with van der Waals surface area (Å²) in [5.74, 6) is -1.72. The maximum atomic E-state index is 14.4. The molecular formula is C42H56N4O10S2. The lowest BCUT2D eigenvalue weighted by atomic mass is 9.86. The quantitative estimate of drug-likeness (QED) is 0.184. The molecule has 0 radical (unpaired) electrons. The number of aliphatic hydroxyl groups excluding tert-OH is 1. The third-order valence-corrected chi connectivity index (χ3v) is 14.6. The van der Waals surface area contributed by atoms with E-state index in [1.807, 2.05) is 0 Å². The number of fused-ring (bicyclic) bond motifs is 2. The molecule has 3 amide bonds. The monoisotopic (exact) mass is 840 g/mol. The van der Waals surface area contributed by atoms with E-state index in [1.54, 1.807) is 81.9 Å². The maximum Gasteiger partial charge on any atom is 0.328 e. The third kappa shape index (κ3) is 10.6. The van der Waals surface area contributed by atoms with E-state index in [1.165, 1.54) is 14.2 Å². The van der Waals surface area contributed by atoms with Crippen molar-refractivity contribution in [2.75, 3.05) is 25.7 Å². The van der Waals surface area contributed by atoms with E-state index in [0.717, 1.165) is 36.8 Å². The Labute approximate surface area is 348 Å². The Bertz CT molecular complexity index is 1750. The number of aliphatic hydroxyl groups is 1. The van der Waals surface area contributed by atoms with Crippen LogP contribution in [0.3, 0.4) is 0 Å². The number of benzene rings is 2. The lowest BCUT2D eigenvalue weighted by Crippen LogP contribution is -2.60. The standard InChI is InChI=1S/C42H56N4O10S2/c1-55-41(53)33-5-3-7-35-45(33)39(51)31(19-21-57-35)43-37(49)27(23-25-9-15-29(47)16-10-25)13-14-28(24-26-11-17-30(48)18-12-26)38(50)44-32-20-22-58-36-8-4-6-34(42(54)56-2)46(36)40(32)52/h9-12,15-18,27-28,31-36,39,47-48,51H,3-8,13-14,19-24H2,1-2H3,(H,43,49)(H,44,50). The highest BCUT2D eigenvalue weighted by Crippen LogP contribution is 2.37. The van der Waals surface area contributed by atoms with Gasteiger partial charge in [-0.25, -0.2) is 4.79 Å². The number of phenolic OH excluding ortho intramolecular Hbond substituents is 2. The summed E-state index contributed by atoms with van der Waals surface area (Å²) in [5.41, 5.74) is 1.59. The molecule has 58 heavy (non-hydrogen) atoms. The van der Waals surface area contributed by atoms with Crippen LogP contribution in [-0.2, 0) is 46.3 Å². The first-order valence-electron chi connectivity index (χ1n) is 20.3. The van der Waals surface area contributed by atoms with Crippen molar-refractivity contribution in [3.05, 3.63) is 59.7 Å². The van der Waals surface area contributed by atoms with Crippen molar-refractivity contribution in [1.29, 1.82) is 0 Å². The van der Waals surface area contributed by atoms with Crippen LogP contribution in [-0.4, -0.2) is 122 Å². The van der Waals surface area contributed by atoms with Crippen molar-refractivity contribution in [2.45, 2.75) is 118 Å². The minimum Gasteiger partial charge on any atom is -0.508 e. The van der Waals surface area contributed by atoms with Gasteiger partial charge in [-0.1, -0.05) is 24.3 Å². The van der Waals surface area contributed by atoms with Crippen molar-refractivity contribution in [1.82, 2.24) is 20.4 Å². The number of ether oxygens (including phenoxy) is 2. The molecule has 9 atom stereocenters. The Kier molecular flexibility index (Phi) is 15.3. The van der Waals surface area contributed by atoms with Gasteiger partial charge in [-0.05, 0) is 124 Å². The first-order chi connectivity index (χ1) is 28.0. The molecule has 2 aromatic rings. The summed E-state index contributed by atoms with van der Waals surface area (Å²) < 4.78 is 10.1. The Hall–Kier alpha value is -3.99. The van der Waals surface area contributed by atoms with E-state index in [-0.39, 0.29) is 65.7 Å². The number of nitrogens with zero attached hydrogens (tertiary/aromatic N) is 2. The molecule has 5 N–H and O–H groups in total. The number of amides is 3. The summed E-state index contributed by atoms with van der Waals surface area (Å²) >= 11 is 3.27. The maximum absolute atomic E-state index is 14.4. The number of thioether (sulfide) groups is 2. The topological polar surface area (TPSA) is 195 Å². The fourth-order valence-corrected chi connectivity index (χ4v) is 11.6. The summed E-state index contributed by atoms with van der Waals surface area (Å²) in [6.45, 7) is 0. The summed E-state index contributed by atoms with van der Waals surface area (Å²) in [4.78, 5) is 71.8. The van der Waals surface area contributed by atoms with Gasteiger partial charge >= 0.3 is 11.9 Å². The van der Waals surface area contributed by atoms with Gasteiger partial charge in [0.1, 0.15) is 35.9 Å². The average Bonchev–Trinajstić information content (AvgIpc) is 3.49. The minimum absolute atomic E-state index is 0.0843. The normalized spacial score (nSPS) is 27.4. The molecule has 0 spiro atoms. The Morgan fingerprint density at radius 2 is 1.21 bits per heavy atom. The number of phenols is 2. The number of methoxy groups -OCH3 is 2. The van der Waals surface area contributed by atoms with Gasteiger partial charge in [-0.3, -0.25) is 24.1 Å². The SMILES string of the molecule is COC(=O)C1CCCC2SCCC(NC(=O)C(CCC(Cc3ccc(O)cc3)C(=O)NC3CCSC4CCCC(C(=O)OC)N4C3O)Cc3ccc(O)cc3)C(=O)N21. The zero-order valence-corrected chi connectivity index (χ0v) is 34.8. The highest BCUT2D eigenvalue weighted by atomic mass is 32.2. The number of aromatic hydroxyl groups is 2. The van der Waals surface area contributed by atoms with Crippen LogP contribution in [0.5, 0.6) is 11.5 Å². The molecule has 4 aliphatic rings. The summed E-state index contributed by atoms with van der Waals surface area (Å²) in [7, 11) is 2.65. The van der Waals surface area contributed by atoms with Crippen LogP contribution in [0.25, 0.3) is 0 Å². The van der Waals surface area contributed by atoms with Gasteiger partial charge in [-0.15, -0.1) is 23.5 Å². The zero-order valence-electron chi connectivity index (χ0n) is 33.1. The lowest BCUT2D eigenvalue weighted by molar-refractivity contribution is -0.157. The molecule has 4 fully saturated rings. The van der Waals surface area contributed by atoms with Crippen LogP contribution in [0.1, 0.15) is 75.3 Å². The van der Waals surface area contributed by atoms with Crippen LogP contribution in [0.4, 0.5) is 0 Å². The lowest BCUT2D eigenvalue weighted by Gasteiger charge is -2.43. The number of nitrogens with one attached hydrogen (secondary N) is 2. The summed E-state index contributed by atoms with van der Waals surface area (Å²) in [6.07, 6.45) is 5.06. The Morgan fingerprint density at radius 3 is 1.79 bits per heavy atom. The number of carbonyl (C=O) groups is 5. The van der Waals surface area contributed by atoms with Gasteiger partial charge in [-0.2, -0.15) is 0 Å². The van der Waals surface area contributed by atoms with Crippen molar-refractivity contribution in [2.24, 2.45) is 11.8 Å². The fraction of sp³-hybridized carbons (Fsp3) is 0.595. The van der Waals surface area contributed by atoms with Gasteiger partial charge in [0.05, 0.1) is 31.0 Å². The van der Waals surface area contributed by atoms with Gasteiger partial charge in [0.25, 0.3) is 0 Å². The molecule has 0 saturated carbocycles. The number of hydrogen-bond acceptors (Lipinski definition) is 13. The first kappa shape index (κ1) is 43.6. The van der Waals surface area contributed by atoms with Crippen LogP contribution in [0, 0.1) is 11.8 Å². The molecule has 14 nitrogen and oxygen atoms in total. The minimum atomic E-state index is -1.12. The van der Waals surface area contributed by atoms with Gasteiger partial charge in [0, 0.05) is 11.8 Å². The number of piperidine rings is 2. The zero-order chi connectivity index (χ0) is 41.3. The van der Waals surface area contributed by atoms with Crippen molar-refractivity contribution < 1.29 is 48.8 Å². The molecular weight excluding hydrogens is 785 g/mol. The van der Waals surface area contributed by atoms with E-state index >= 15 is 0 Å². The van der Waals surface area contributed by atoms with Gasteiger partial charge < -0.3 is 40.3 Å². The summed E-state index contributed by atoms with van der Waals surface area (Å²) in [6, 6.07) is 10.3. The van der Waals surface area contributed by atoms with E-state index in [4.69, 9.17) is 9.47 Å². The molecule has 4 saturated heterocycles. The molecule has 4 heterocycles. The Morgan fingerprint density at radius 1 is 0.707 bits per heavy atom. The van der Waals surface area contributed by atoms with Crippen LogP contribution >= 0.6 is 23.5 Å². The second kappa shape index (κ2) is 20.3. The average molecular weight is 841 g/mol. The molecule has 316 valence electrons. The van der Waals surface area contributed by atoms with Crippen LogP contribution in [0.2, 0.25) is 0 Å². The van der Waals surface area contributed by atoms with E-state index in [2.05, 4.69) is 10.6 Å². The number of hydrogen-bond donors (Lipinski definition) is 5. The smallest absolute Gasteiger partial charge is 0.328 e. The largest absolute Gasteiger partial charge is 0.508 e. The summed E-state index contributed by atoms with van der Waals surface area (Å²) in [5, 5.41) is 37.6. The predicted molar refractivity (Wildman–Crippen MR) is 219 cm³/mol. The predicted octanol–water partition coefficient (Wildman–Crippen LogP) is 3.69. The fourth-order valence-electron chi connectivity index (χ4n) is 8.75. The van der Waals surface area contributed by atoms with E-state index in [9.17, 15) is 39.3 Å². The molecule has 0 aromatic heterocycles. The molecule has 16 heteroatoms. The second-order valence-electron chi connectivity index (χ2n) is 15.7. The molecule has 4 aliphatic heterocycles. The molecule has 0 aliphatic carbocycles. The van der Waals surface area contributed by atoms with Gasteiger partial charge in [0.15, 0.2) is 0 Å². The molecule has 9 unspecified atom stereocenters. The van der Waals surface area contributed by atoms with Crippen molar-refractivity contribution in [3.8, 4) is 11.5 Å². The van der Waals surface area contributed by atoms with Crippen molar-refractivity contribution in [3.63, 3.8) is 0 Å².